The first-order valence-electron chi connectivity index (χ1n) is 9.76. The van der Waals surface area contributed by atoms with E-state index in [9.17, 15) is 9.18 Å². The number of hydrogen-bond acceptors (Lipinski definition) is 6. The molecule has 29 heavy (non-hydrogen) atoms. The summed E-state index contributed by atoms with van der Waals surface area (Å²) in [7, 11) is 0. The Morgan fingerprint density at radius 2 is 1.55 bits per heavy atom. The van der Waals surface area contributed by atoms with Gasteiger partial charge in [0.05, 0.1) is 6.54 Å². The lowest BCUT2D eigenvalue weighted by atomic mass is 10.2. The molecule has 1 fully saturated rings. The van der Waals surface area contributed by atoms with Gasteiger partial charge in [-0.25, -0.2) is 19.0 Å². The molecule has 0 radical (unpaired) electrons. The maximum Gasteiger partial charge on any atom is 0.267 e. The first-order chi connectivity index (χ1) is 14.1. The van der Waals surface area contributed by atoms with Crippen molar-refractivity contribution in [2.24, 2.45) is 0 Å². The van der Waals surface area contributed by atoms with Crippen molar-refractivity contribution in [2.45, 2.75) is 19.9 Å². The van der Waals surface area contributed by atoms with Gasteiger partial charge in [-0.1, -0.05) is 19.1 Å². The third kappa shape index (κ3) is 4.42. The summed E-state index contributed by atoms with van der Waals surface area (Å²) in [4.78, 5) is 25.4. The highest BCUT2D eigenvalue weighted by Gasteiger charge is 2.20. The minimum absolute atomic E-state index is 0.180. The summed E-state index contributed by atoms with van der Waals surface area (Å²) in [6.07, 6.45) is 4.68. The van der Waals surface area contributed by atoms with Crippen molar-refractivity contribution in [1.29, 1.82) is 0 Å². The maximum atomic E-state index is 13.1. The smallest absolute Gasteiger partial charge is 0.267 e. The molecule has 1 aromatic carbocycles. The van der Waals surface area contributed by atoms with Gasteiger partial charge in [0.2, 0.25) is 5.95 Å². The summed E-state index contributed by atoms with van der Waals surface area (Å²) in [5, 5.41) is 4.52. The first kappa shape index (κ1) is 19.0. The van der Waals surface area contributed by atoms with E-state index in [1.807, 2.05) is 12.4 Å². The van der Waals surface area contributed by atoms with Crippen LogP contribution in [0.3, 0.4) is 0 Å². The van der Waals surface area contributed by atoms with E-state index in [-0.39, 0.29) is 11.4 Å². The number of aromatic nitrogens is 4. The van der Waals surface area contributed by atoms with Crippen LogP contribution < -0.4 is 15.4 Å². The van der Waals surface area contributed by atoms with Crippen molar-refractivity contribution in [3.63, 3.8) is 0 Å². The average molecular weight is 394 g/mol. The van der Waals surface area contributed by atoms with E-state index < -0.39 is 0 Å². The quantitative estimate of drug-likeness (QED) is 0.660. The van der Waals surface area contributed by atoms with E-state index in [0.717, 1.165) is 55.5 Å². The van der Waals surface area contributed by atoms with Gasteiger partial charge in [0.25, 0.3) is 5.56 Å². The number of aryl methyl sites for hydroxylation is 1. The number of piperazine rings is 1. The van der Waals surface area contributed by atoms with Gasteiger partial charge in [0, 0.05) is 44.6 Å². The number of hydrogen-bond donors (Lipinski definition) is 0. The van der Waals surface area contributed by atoms with E-state index in [2.05, 4.69) is 31.8 Å². The van der Waals surface area contributed by atoms with Gasteiger partial charge >= 0.3 is 0 Å². The second kappa shape index (κ2) is 8.38. The zero-order chi connectivity index (χ0) is 20.2. The summed E-state index contributed by atoms with van der Waals surface area (Å²) in [6, 6.07) is 9.39. The SMILES string of the molecule is CCc1cnc(N2CCN(c3ccc(=O)n(Cc4ccc(F)cc4)n3)CC2)nc1. The topological polar surface area (TPSA) is 67.2 Å². The lowest BCUT2D eigenvalue weighted by Gasteiger charge is -2.35. The summed E-state index contributed by atoms with van der Waals surface area (Å²) < 4.78 is 14.5. The van der Waals surface area contributed by atoms with Crippen molar-refractivity contribution >= 4 is 11.8 Å². The molecule has 3 aromatic rings. The van der Waals surface area contributed by atoms with Crippen molar-refractivity contribution in [1.82, 2.24) is 19.7 Å². The molecule has 0 spiro atoms. The van der Waals surface area contributed by atoms with Gasteiger partial charge in [-0.3, -0.25) is 4.79 Å². The Hall–Kier alpha value is -3.29. The van der Waals surface area contributed by atoms with Crippen LogP contribution in [0.2, 0.25) is 0 Å². The molecule has 3 heterocycles. The van der Waals surface area contributed by atoms with E-state index in [4.69, 9.17) is 0 Å². The maximum absolute atomic E-state index is 13.1. The third-order valence-electron chi connectivity index (χ3n) is 5.08. The van der Waals surface area contributed by atoms with Gasteiger partial charge in [0.15, 0.2) is 0 Å². The van der Waals surface area contributed by atoms with Crippen LogP contribution >= 0.6 is 0 Å². The Morgan fingerprint density at radius 1 is 0.897 bits per heavy atom. The Labute approximate surface area is 168 Å². The molecule has 0 N–H and O–H groups in total. The Balaban J connectivity index is 1.44. The molecule has 7 nitrogen and oxygen atoms in total. The highest BCUT2D eigenvalue weighted by molar-refractivity contribution is 5.41. The van der Waals surface area contributed by atoms with Crippen LogP contribution in [0.4, 0.5) is 16.2 Å². The predicted octanol–water partition coefficient (Wildman–Crippen LogP) is 2.11. The lowest BCUT2D eigenvalue weighted by Crippen LogP contribution is -2.47. The van der Waals surface area contributed by atoms with Gasteiger partial charge in [0.1, 0.15) is 11.6 Å². The molecule has 1 aliphatic heterocycles. The second-order valence-electron chi connectivity index (χ2n) is 7.03. The molecule has 150 valence electrons. The number of halogens is 1. The Kier molecular flexibility index (Phi) is 5.50. The predicted molar refractivity (Wildman–Crippen MR) is 110 cm³/mol. The van der Waals surface area contributed by atoms with Crippen LogP contribution in [0.15, 0.2) is 53.6 Å². The van der Waals surface area contributed by atoms with Crippen LogP contribution in [0, 0.1) is 5.82 Å². The number of benzene rings is 1. The standard InChI is InChI=1S/C21H23FN6O/c1-2-16-13-23-21(24-14-16)27-11-9-26(10-12-27)19-7-8-20(29)28(25-19)15-17-3-5-18(22)6-4-17/h3-8,13-14H,2,9-12,15H2,1H3. The summed E-state index contributed by atoms with van der Waals surface area (Å²) >= 11 is 0. The average Bonchev–Trinajstić information content (AvgIpc) is 2.77. The largest absolute Gasteiger partial charge is 0.352 e. The minimum Gasteiger partial charge on any atom is -0.352 e. The molecular formula is C21H23FN6O. The molecule has 1 aliphatic rings. The van der Waals surface area contributed by atoms with Crippen molar-refractivity contribution in [2.75, 3.05) is 36.0 Å². The second-order valence-corrected chi connectivity index (χ2v) is 7.03. The van der Waals surface area contributed by atoms with E-state index in [1.165, 1.54) is 22.9 Å². The molecule has 0 saturated carbocycles. The summed E-state index contributed by atoms with van der Waals surface area (Å²) in [5.74, 6) is 1.21. The lowest BCUT2D eigenvalue weighted by molar-refractivity contribution is 0.594. The van der Waals surface area contributed by atoms with Crippen LogP contribution in [0.5, 0.6) is 0 Å². The zero-order valence-corrected chi connectivity index (χ0v) is 16.3. The van der Waals surface area contributed by atoms with Crippen molar-refractivity contribution in [3.05, 3.63) is 76.1 Å². The molecule has 0 bridgehead atoms. The number of rotatable bonds is 5. The van der Waals surface area contributed by atoms with Crippen LogP contribution in [-0.2, 0) is 13.0 Å². The van der Waals surface area contributed by atoms with Gasteiger partial charge in [-0.05, 0) is 35.7 Å². The fourth-order valence-electron chi connectivity index (χ4n) is 3.31. The molecule has 0 unspecified atom stereocenters. The van der Waals surface area contributed by atoms with Crippen molar-refractivity contribution < 1.29 is 4.39 Å². The van der Waals surface area contributed by atoms with Crippen molar-refractivity contribution in [3.8, 4) is 0 Å². The number of nitrogens with zero attached hydrogens (tertiary/aromatic N) is 6. The monoisotopic (exact) mass is 394 g/mol. The van der Waals surface area contributed by atoms with E-state index in [0.29, 0.717) is 6.54 Å². The number of anilines is 2. The molecular weight excluding hydrogens is 371 g/mol. The molecule has 0 amide bonds. The summed E-state index contributed by atoms with van der Waals surface area (Å²) in [6.45, 7) is 5.49. The molecule has 0 aliphatic carbocycles. The molecule has 2 aromatic heterocycles. The van der Waals surface area contributed by atoms with Gasteiger partial charge < -0.3 is 9.80 Å². The fraction of sp³-hybridized carbons (Fsp3) is 0.333. The fourth-order valence-corrected chi connectivity index (χ4v) is 3.31. The minimum atomic E-state index is -0.297. The Morgan fingerprint density at radius 3 is 2.21 bits per heavy atom. The molecule has 4 rings (SSSR count). The molecule has 0 atom stereocenters. The van der Waals surface area contributed by atoms with E-state index in [1.54, 1.807) is 18.2 Å². The van der Waals surface area contributed by atoms with Crippen LogP contribution in [0.25, 0.3) is 0 Å². The third-order valence-corrected chi connectivity index (χ3v) is 5.08. The van der Waals surface area contributed by atoms with Crippen LogP contribution in [0.1, 0.15) is 18.1 Å². The summed E-state index contributed by atoms with van der Waals surface area (Å²) in [5.41, 5.74) is 1.77. The molecule has 1 saturated heterocycles. The first-order valence-corrected chi connectivity index (χ1v) is 9.76. The normalized spacial score (nSPS) is 14.3. The zero-order valence-electron chi connectivity index (χ0n) is 16.3. The van der Waals surface area contributed by atoms with E-state index >= 15 is 0 Å². The van der Waals surface area contributed by atoms with Crippen LogP contribution in [-0.4, -0.2) is 45.9 Å². The van der Waals surface area contributed by atoms with Gasteiger partial charge in [-0.2, -0.15) is 5.10 Å². The molecule has 8 heteroatoms. The van der Waals surface area contributed by atoms with Gasteiger partial charge in [-0.15, -0.1) is 0 Å². The highest BCUT2D eigenvalue weighted by Crippen LogP contribution is 2.16. The highest BCUT2D eigenvalue weighted by atomic mass is 19.1. The Bertz CT molecular complexity index is 1010.